The number of fused-ring (bicyclic) bond motifs is 1. The van der Waals surface area contributed by atoms with Gasteiger partial charge in [0, 0.05) is 0 Å². The van der Waals surface area contributed by atoms with Crippen LogP contribution in [0.15, 0.2) is 18.2 Å². The summed E-state index contributed by atoms with van der Waals surface area (Å²) >= 11 is 0. The SMILES string of the molecule is CCOC(=O)c1ccc2c(c1)CCNCC2. The van der Waals surface area contributed by atoms with Crippen LogP contribution in [0.1, 0.15) is 28.4 Å². The van der Waals surface area contributed by atoms with Crippen molar-refractivity contribution < 1.29 is 9.53 Å². The monoisotopic (exact) mass is 219 g/mol. The Morgan fingerprint density at radius 2 is 2.06 bits per heavy atom. The van der Waals surface area contributed by atoms with Crippen LogP contribution < -0.4 is 5.32 Å². The smallest absolute Gasteiger partial charge is 0.338 e. The lowest BCUT2D eigenvalue weighted by atomic mass is 10.0. The number of hydrogen-bond donors (Lipinski definition) is 1. The van der Waals surface area contributed by atoms with Crippen molar-refractivity contribution in [2.75, 3.05) is 19.7 Å². The van der Waals surface area contributed by atoms with Crippen LogP contribution in [-0.2, 0) is 17.6 Å². The Morgan fingerprint density at radius 3 is 2.81 bits per heavy atom. The molecular formula is C13H17NO2. The Bertz CT molecular complexity index is 388. The highest BCUT2D eigenvalue weighted by Gasteiger charge is 2.12. The molecule has 0 amide bonds. The molecule has 0 saturated heterocycles. The van der Waals surface area contributed by atoms with Gasteiger partial charge >= 0.3 is 5.97 Å². The topological polar surface area (TPSA) is 38.3 Å². The van der Waals surface area contributed by atoms with Crippen molar-refractivity contribution in [3.05, 3.63) is 34.9 Å². The van der Waals surface area contributed by atoms with Crippen LogP contribution in [-0.4, -0.2) is 25.7 Å². The Balaban J connectivity index is 2.23. The van der Waals surface area contributed by atoms with Crippen molar-refractivity contribution in [3.8, 4) is 0 Å². The third kappa shape index (κ3) is 2.42. The quantitative estimate of drug-likeness (QED) is 0.767. The first-order chi connectivity index (χ1) is 7.81. The van der Waals surface area contributed by atoms with Gasteiger partial charge in [-0.15, -0.1) is 0 Å². The van der Waals surface area contributed by atoms with Gasteiger partial charge in [0.05, 0.1) is 12.2 Å². The lowest BCUT2D eigenvalue weighted by molar-refractivity contribution is 0.0526. The Kier molecular flexibility index (Phi) is 3.57. The summed E-state index contributed by atoms with van der Waals surface area (Å²) in [4.78, 5) is 11.6. The minimum atomic E-state index is -0.220. The van der Waals surface area contributed by atoms with E-state index >= 15 is 0 Å². The highest BCUT2D eigenvalue weighted by molar-refractivity contribution is 5.89. The molecule has 0 saturated carbocycles. The molecule has 0 atom stereocenters. The molecule has 1 N–H and O–H groups in total. The van der Waals surface area contributed by atoms with Crippen molar-refractivity contribution in [2.45, 2.75) is 19.8 Å². The highest BCUT2D eigenvalue weighted by atomic mass is 16.5. The molecule has 0 aromatic heterocycles. The molecule has 1 aliphatic rings. The van der Waals surface area contributed by atoms with E-state index in [0.29, 0.717) is 12.2 Å². The molecule has 2 rings (SSSR count). The summed E-state index contributed by atoms with van der Waals surface area (Å²) in [5, 5.41) is 3.35. The minimum Gasteiger partial charge on any atom is -0.462 e. The average Bonchev–Trinajstić information content (AvgIpc) is 2.53. The Labute approximate surface area is 95.8 Å². The summed E-state index contributed by atoms with van der Waals surface area (Å²) in [5.74, 6) is -0.220. The van der Waals surface area contributed by atoms with Gasteiger partial charge in [0.1, 0.15) is 0 Å². The van der Waals surface area contributed by atoms with E-state index in [1.807, 2.05) is 19.1 Å². The molecule has 0 aliphatic carbocycles. The molecule has 0 radical (unpaired) electrons. The fourth-order valence-electron chi connectivity index (χ4n) is 2.02. The van der Waals surface area contributed by atoms with Gasteiger partial charge < -0.3 is 10.1 Å². The molecule has 16 heavy (non-hydrogen) atoms. The lowest BCUT2D eigenvalue weighted by Crippen LogP contribution is -2.16. The summed E-state index contributed by atoms with van der Waals surface area (Å²) < 4.78 is 5.00. The highest BCUT2D eigenvalue weighted by Crippen LogP contribution is 2.16. The summed E-state index contributed by atoms with van der Waals surface area (Å²) in [5.41, 5.74) is 3.29. The number of hydrogen-bond acceptors (Lipinski definition) is 3. The van der Waals surface area contributed by atoms with E-state index in [0.717, 1.165) is 25.9 Å². The van der Waals surface area contributed by atoms with Crippen LogP contribution in [0.5, 0.6) is 0 Å². The standard InChI is InChI=1S/C13H17NO2/c1-2-16-13(15)12-4-3-10-5-7-14-8-6-11(10)9-12/h3-4,9,14H,2,5-8H2,1H3. The van der Waals surface area contributed by atoms with Crippen molar-refractivity contribution >= 4 is 5.97 Å². The maximum Gasteiger partial charge on any atom is 0.338 e. The van der Waals surface area contributed by atoms with Gasteiger partial charge in [0.2, 0.25) is 0 Å². The normalized spacial score (nSPS) is 15.1. The fraction of sp³-hybridized carbons (Fsp3) is 0.462. The van der Waals surface area contributed by atoms with E-state index in [9.17, 15) is 4.79 Å². The molecular weight excluding hydrogens is 202 g/mol. The van der Waals surface area contributed by atoms with E-state index in [1.54, 1.807) is 0 Å². The second-order valence-electron chi connectivity index (χ2n) is 3.95. The lowest BCUT2D eigenvalue weighted by Gasteiger charge is -2.07. The summed E-state index contributed by atoms with van der Waals surface area (Å²) in [6.07, 6.45) is 2.03. The van der Waals surface area contributed by atoms with Crippen LogP contribution >= 0.6 is 0 Å². The van der Waals surface area contributed by atoms with E-state index in [1.165, 1.54) is 11.1 Å². The van der Waals surface area contributed by atoms with Gasteiger partial charge in [-0.2, -0.15) is 0 Å². The Morgan fingerprint density at radius 1 is 1.31 bits per heavy atom. The zero-order chi connectivity index (χ0) is 11.4. The molecule has 0 bridgehead atoms. The van der Waals surface area contributed by atoms with Gasteiger partial charge in [-0.05, 0) is 56.1 Å². The number of rotatable bonds is 2. The van der Waals surface area contributed by atoms with Gasteiger partial charge in [-0.25, -0.2) is 4.79 Å². The number of carbonyl (C=O) groups is 1. The molecule has 0 spiro atoms. The molecule has 3 heteroatoms. The summed E-state index contributed by atoms with van der Waals surface area (Å²) in [6, 6.07) is 5.89. The average molecular weight is 219 g/mol. The minimum absolute atomic E-state index is 0.220. The maximum atomic E-state index is 11.6. The van der Waals surface area contributed by atoms with Gasteiger partial charge in [0.15, 0.2) is 0 Å². The zero-order valence-electron chi connectivity index (χ0n) is 9.58. The maximum absolute atomic E-state index is 11.6. The first-order valence-corrected chi connectivity index (χ1v) is 5.81. The van der Waals surface area contributed by atoms with Crippen molar-refractivity contribution in [2.24, 2.45) is 0 Å². The third-order valence-corrected chi connectivity index (χ3v) is 2.86. The fourth-order valence-corrected chi connectivity index (χ4v) is 2.02. The van der Waals surface area contributed by atoms with E-state index in [2.05, 4.69) is 11.4 Å². The van der Waals surface area contributed by atoms with E-state index in [-0.39, 0.29) is 5.97 Å². The molecule has 1 aromatic carbocycles. The van der Waals surface area contributed by atoms with Crippen LogP contribution in [0, 0.1) is 0 Å². The van der Waals surface area contributed by atoms with Crippen molar-refractivity contribution in [3.63, 3.8) is 0 Å². The molecule has 3 nitrogen and oxygen atoms in total. The number of carbonyl (C=O) groups excluding carboxylic acids is 1. The molecule has 1 heterocycles. The van der Waals surface area contributed by atoms with Crippen LogP contribution in [0.2, 0.25) is 0 Å². The number of nitrogens with one attached hydrogen (secondary N) is 1. The van der Waals surface area contributed by atoms with Crippen molar-refractivity contribution in [1.82, 2.24) is 5.32 Å². The molecule has 1 aliphatic heterocycles. The first-order valence-electron chi connectivity index (χ1n) is 5.81. The second-order valence-corrected chi connectivity index (χ2v) is 3.95. The number of ether oxygens (including phenoxy) is 1. The van der Waals surface area contributed by atoms with E-state index in [4.69, 9.17) is 4.74 Å². The van der Waals surface area contributed by atoms with Gasteiger partial charge in [-0.1, -0.05) is 6.07 Å². The first kappa shape index (κ1) is 11.1. The van der Waals surface area contributed by atoms with Gasteiger partial charge in [-0.3, -0.25) is 0 Å². The largest absolute Gasteiger partial charge is 0.462 e. The van der Waals surface area contributed by atoms with E-state index < -0.39 is 0 Å². The third-order valence-electron chi connectivity index (χ3n) is 2.86. The summed E-state index contributed by atoms with van der Waals surface area (Å²) in [7, 11) is 0. The molecule has 0 fully saturated rings. The predicted molar refractivity (Wildman–Crippen MR) is 62.7 cm³/mol. The predicted octanol–water partition coefficient (Wildman–Crippen LogP) is 1.55. The Hall–Kier alpha value is -1.35. The van der Waals surface area contributed by atoms with Crippen LogP contribution in [0.25, 0.3) is 0 Å². The number of benzene rings is 1. The second kappa shape index (κ2) is 5.12. The number of esters is 1. The van der Waals surface area contributed by atoms with Gasteiger partial charge in [0.25, 0.3) is 0 Å². The molecule has 86 valence electrons. The zero-order valence-corrected chi connectivity index (χ0v) is 9.58. The summed E-state index contributed by atoms with van der Waals surface area (Å²) in [6.45, 7) is 4.26. The molecule has 1 aromatic rings. The van der Waals surface area contributed by atoms with Crippen LogP contribution in [0.3, 0.4) is 0 Å². The molecule has 0 unspecified atom stereocenters. The van der Waals surface area contributed by atoms with Crippen molar-refractivity contribution in [1.29, 1.82) is 0 Å². The van der Waals surface area contributed by atoms with Crippen LogP contribution in [0.4, 0.5) is 0 Å².